The normalized spacial score (nSPS) is 10.9. The van der Waals surface area contributed by atoms with E-state index in [-0.39, 0.29) is 0 Å². The third-order valence-corrected chi connectivity index (χ3v) is 3.73. The summed E-state index contributed by atoms with van der Waals surface area (Å²) in [5.41, 5.74) is 3.55. The summed E-state index contributed by atoms with van der Waals surface area (Å²) < 4.78 is 5.69. The van der Waals surface area contributed by atoms with Gasteiger partial charge in [0.25, 0.3) is 0 Å². The Morgan fingerprint density at radius 2 is 1.61 bits per heavy atom. The Bertz CT molecular complexity index is 733. The molecular weight excluding hydrogens is 286 g/mol. The number of nitrogens with zero attached hydrogens (tertiary/aromatic N) is 2. The van der Waals surface area contributed by atoms with Gasteiger partial charge >= 0.3 is 0 Å². The van der Waals surface area contributed by atoms with Gasteiger partial charge in [-0.1, -0.05) is 56.3 Å². The Morgan fingerprint density at radius 3 is 2.30 bits per heavy atom. The molecular formula is C19H21N3O. The van der Waals surface area contributed by atoms with Crippen LogP contribution in [0.25, 0.3) is 0 Å². The third kappa shape index (κ3) is 4.19. The number of aromatic nitrogens is 2. The van der Waals surface area contributed by atoms with E-state index >= 15 is 0 Å². The van der Waals surface area contributed by atoms with E-state index in [1.165, 1.54) is 11.1 Å². The molecule has 0 saturated carbocycles. The van der Waals surface area contributed by atoms with Gasteiger partial charge in [-0.15, -0.1) is 10.2 Å². The number of anilines is 1. The number of nitrogens with one attached hydrogen (secondary N) is 1. The van der Waals surface area contributed by atoms with Crippen LogP contribution >= 0.6 is 0 Å². The van der Waals surface area contributed by atoms with Gasteiger partial charge in [0.1, 0.15) is 0 Å². The second-order valence-electron chi connectivity index (χ2n) is 5.88. The van der Waals surface area contributed by atoms with E-state index in [9.17, 15) is 0 Å². The highest BCUT2D eigenvalue weighted by Crippen LogP contribution is 2.17. The molecule has 0 amide bonds. The van der Waals surface area contributed by atoms with E-state index in [0.29, 0.717) is 30.7 Å². The topological polar surface area (TPSA) is 51.0 Å². The van der Waals surface area contributed by atoms with Crippen LogP contribution in [0.15, 0.2) is 59.0 Å². The lowest BCUT2D eigenvalue weighted by Gasteiger charge is -2.07. The maximum atomic E-state index is 5.69. The van der Waals surface area contributed by atoms with Crippen LogP contribution in [0.5, 0.6) is 0 Å². The van der Waals surface area contributed by atoms with Crippen LogP contribution in [-0.2, 0) is 13.0 Å². The average Bonchev–Trinajstić information content (AvgIpc) is 3.02. The Hall–Kier alpha value is -2.62. The van der Waals surface area contributed by atoms with Gasteiger partial charge in [-0.3, -0.25) is 0 Å². The van der Waals surface area contributed by atoms with Gasteiger partial charge in [-0.25, -0.2) is 0 Å². The molecule has 4 nitrogen and oxygen atoms in total. The minimum absolute atomic E-state index is 0.531. The summed E-state index contributed by atoms with van der Waals surface area (Å²) in [5.74, 6) is 1.78. The molecule has 1 aromatic heterocycles. The van der Waals surface area contributed by atoms with Gasteiger partial charge in [0.2, 0.25) is 11.8 Å². The van der Waals surface area contributed by atoms with Crippen LogP contribution in [0.3, 0.4) is 0 Å². The lowest BCUT2D eigenvalue weighted by Crippen LogP contribution is -2.00. The molecule has 118 valence electrons. The van der Waals surface area contributed by atoms with Crippen molar-refractivity contribution in [2.75, 3.05) is 5.32 Å². The standard InChI is InChI=1S/C19H21N3O/c1-14(2)16-8-10-17(11-9-16)20-13-19-22-21-18(23-19)12-15-6-4-3-5-7-15/h3-11,14,20H,12-13H2,1-2H3. The smallest absolute Gasteiger partial charge is 0.235 e. The van der Waals surface area contributed by atoms with Gasteiger partial charge in [0, 0.05) is 5.69 Å². The van der Waals surface area contributed by atoms with Crippen LogP contribution in [0.2, 0.25) is 0 Å². The van der Waals surface area contributed by atoms with Crippen molar-refractivity contribution in [3.05, 3.63) is 77.5 Å². The first kappa shape index (κ1) is 15.3. The Morgan fingerprint density at radius 1 is 0.913 bits per heavy atom. The summed E-state index contributed by atoms with van der Waals surface area (Å²) >= 11 is 0. The zero-order chi connectivity index (χ0) is 16.1. The molecule has 1 heterocycles. The van der Waals surface area contributed by atoms with E-state index in [0.717, 1.165) is 5.69 Å². The first-order chi connectivity index (χ1) is 11.2. The van der Waals surface area contributed by atoms with E-state index in [4.69, 9.17) is 4.42 Å². The quantitative estimate of drug-likeness (QED) is 0.733. The predicted octanol–water partition coefficient (Wildman–Crippen LogP) is 4.40. The van der Waals surface area contributed by atoms with Gasteiger partial charge < -0.3 is 9.73 Å². The van der Waals surface area contributed by atoms with Crippen LogP contribution < -0.4 is 5.32 Å². The van der Waals surface area contributed by atoms with Crippen molar-refractivity contribution in [1.29, 1.82) is 0 Å². The molecule has 0 saturated heterocycles. The fourth-order valence-corrected chi connectivity index (χ4v) is 2.37. The Balaban J connectivity index is 1.56. The van der Waals surface area contributed by atoms with Crippen molar-refractivity contribution >= 4 is 5.69 Å². The highest BCUT2D eigenvalue weighted by molar-refractivity contribution is 5.45. The molecule has 0 aliphatic heterocycles. The van der Waals surface area contributed by atoms with Gasteiger partial charge in [-0.2, -0.15) is 0 Å². The van der Waals surface area contributed by atoms with Crippen LogP contribution in [-0.4, -0.2) is 10.2 Å². The summed E-state index contributed by atoms with van der Waals surface area (Å²) in [7, 11) is 0. The zero-order valence-corrected chi connectivity index (χ0v) is 13.5. The van der Waals surface area contributed by atoms with Gasteiger partial charge in [0.15, 0.2) is 0 Å². The van der Waals surface area contributed by atoms with Crippen molar-refractivity contribution in [3.63, 3.8) is 0 Å². The number of benzene rings is 2. The highest BCUT2D eigenvalue weighted by Gasteiger charge is 2.07. The van der Waals surface area contributed by atoms with Crippen molar-refractivity contribution in [3.8, 4) is 0 Å². The molecule has 4 heteroatoms. The van der Waals surface area contributed by atoms with Crippen molar-refractivity contribution in [1.82, 2.24) is 10.2 Å². The second-order valence-corrected chi connectivity index (χ2v) is 5.88. The first-order valence-electron chi connectivity index (χ1n) is 7.90. The van der Waals surface area contributed by atoms with Crippen molar-refractivity contribution < 1.29 is 4.42 Å². The number of hydrogen-bond acceptors (Lipinski definition) is 4. The minimum Gasteiger partial charge on any atom is -0.423 e. The third-order valence-electron chi connectivity index (χ3n) is 3.73. The largest absolute Gasteiger partial charge is 0.423 e. The summed E-state index contributed by atoms with van der Waals surface area (Å²) in [5, 5.41) is 11.5. The van der Waals surface area contributed by atoms with Crippen LogP contribution in [0.1, 0.15) is 42.7 Å². The fourth-order valence-electron chi connectivity index (χ4n) is 2.37. The SMILES string of the molecule is CC(C)c1ccc(NCc2nnc(Cc3ccccc3)o2)cc1. The van der Waals surface area contributed by atoms with E-state index < -0.39 is 0 Å². The lowest BCUT2D eigenvalue weighted by atomic mass is 10.0. The molecule has 0 bridgehead atoms. The van der Waals surface area contributed by atoms with E-state index in [2.05, 4.69) is 65.8 Å². The predicted molar refractivity (Wildman–Crippen MR) is 91.4 cm³/mol. The Kier molecular flexibility index (Phi) is 4.71. The molecule has 0 atom stereocenters. The molecule has 23 heavy (non-hydrogen) atoms. The van der Waals surface area contributed by atoms with E-state index in [1.807, 2.05) is 18.2 Å². The number of hydrogen-bond donors (Lipinski definition) is 1. The molecule has 0 fully saturated rings. The van der Waals surface area contributed by atoms with Gasteiger partial charge in [-0.05, 0) is 29.2 Å². The summed E-state index contributed by atoms with van der Waals surface area (Å²) in [6.07, 6.45) is 0.664. The molecule has 3 aromatic rings. The van der Waals surface area contributed by atoms with Crippen LogP contribution in [0, 0.1) is 0 Å². The zero-order valence-electron chi connectivity index (χ0n) is 13.5. The first-order valence-corrected chi connectivity index (χ1v) is 7.90. The molecule has 0 unspecified atom stereocenters. The highest BCUT2D eigenvalue weighted by atomic mass is 16.4. The van der Waals surface area contributed by atoms with E-state index in [1.54, 1.807) is 0 Å². The molecule has 0 aliphatic rings. The monoisotopic (exact) mass is 307 g/mol. The maximum absolute atomic E-state index is 5.69. The second kappa shape index (κ2) is 7.09. The molecule has 0 spiro atoms. The minimum atomic E-state index is 0.531. The van der Waals surface area contributed by atoms with Crippen molar-refractivity contribution in [2.45, 2.75) is 32.7 Å². The summed E-state index contributed by atoms with van der Waals surface area (Å²) in [6, 6.07) is 18.6. The molecule has 0 aliphatic carbocycles. The summed E-state index contributed by atoms with van der Waals surface area (Å²) in [6.45, 7) is 4.91. The molecule has 2 aromatic carbocycles. The van der Waals surface area contributed by atoms with Crippen molar-refractivity contribution in [2.24, 2.45) is 0 Å². The Labute approximate surface area is 136 Å². The molecule has 3 rings (SSSR count). The summed E-state index contributed by atoms with van der Waals surface area (Å²) in [4.78, 5) is 0. The molecule has 1 N–H and O–H groups in total. The van der Waals surface area contributed by atoms with Crippen LogP contribution in [0.4, 0.5) is 5.69 Å². The van der Waals surface area contributed by atoms with Gasteiger partial charge in [0.05, 0.1) is 13.0 Å². The fraction of sp³-hybridized carbons (Fsp3) is 0.263. The molecule has 0 radical (unpaired) electrons. The number of rotatable bonds is 6. The maximum Gasteiger partial charge on any atom is 0.235 e. The average molecular weight is 307 g/mol. The lowest BCUT2D eigenvalue weighted by molar-refractivity contribution is 0.464.